The largest absolute Gasteiger partial charge is 0.326 e. The third-order valence-electron chi connectivity index (χ3n) is 4.42. The van der Waals surface area contributed by atoms with Crippen LogP contribution in [0.1, 0.15) is 5.56 Å². The minimum absolute atomic E-state index is 0.409. The molecular weight excluding hydrogens is 386 g/mol. The molecule has 2 amide bonds. The Bertz CT molecular complexity index is 1320. The smallest absolute Gasteiger partial charge is 0.291 e. The van der Waals surface area contributed by atoms with Crippen LogP contribution in [0.4, 0.5) is 16.4 Å². The molecule has 0 saturated carbocycles. The summed E-state index contributed by atoms with van der Waals surface area (Å²) < 4.78 is 1.76. The Labute approximate surface area is 169 Å². The average Bonchev–Trinajstić information content (AvgIpc) is 3.38. The van der Waals surface area contributed by atoms with E-state index in [1.54, 1.807) is 16.9 Å². The Balaban J connectivity index is 1.30. The second kappa shape index (κ2) is 7.28. The van der Waals surface area contributed by atoms with Crippen LogP contribution in [0.3, 0.4) is 0 Å². The zero-order valence-corrected chi connectivity index (χ0v) is 15.9. The fourth-order valence-corrected chi connectivity index (χ4v) is 3.86. The molecule has 5 rings (SSSR count). The van der Waals surface area contributed by atoms with Gasteiger partial charge < -0.3 is 0 Å². The van der Waals surface area contributed by atoms with Crippen molar-refractivity contribution in [2.24, 2.45) is 0 Å². The molecule has 0 bridgehead atoms. The van der Waals surface area contributed by atoms with E-state index in [1.165, 1.54) is 17.7 Å². The minimum atomic E-state index is -0.409. The van der Waals surface area contributed by atoms with Crippen LogP contribution in [0, 0.1) is 0 Å². The van der Waals surface area contributed by atoms with Gasteiger partial charge in [0.15, 0.2) is 5.82 Å². The lowest BCUT2D eigenvalue weighted by atomic mass is 10.1. The van der Waals surface area contributed by atoms with Crippen LogP contribution in [0.5, 0.6) is 0 Å². The Kier molecular flexibility index (Phi) is 4.34. The molecule has 142 valence electrons. The first-order valence-corrected chi connectivity index (χ1v) is 9.76. The van der Waals surface area contributed by atoms with Gasteiger partial charge in [0.25, 0.3) is 0 Å². The van der Waals surface area contributed by atoms with Gasteiger partial charge in [-0.25, -0.2) is 14.8 Å². The van der Waals surface area contributed by atoms with E-state index in [-0.39, 0.29) is 0 Å². The molecule has 4 aromatic heterocycles. The SMILES string of the molecule is O=C(Nc1ccn(Cc2cccc3cccnc23)n1)Nc1ncnc2sccc12. The number of amides is 2. The highest BCUT2D eigenvalue weighted by molar-refractivity contribution is 7.16. The molecule has 5 aromatic rings. The van der Waals surface area contributed by atoms with Crippen molar-refractivity contribution in [3.05, 3.63) is 72.1 Å². The second-order valence-electron chi connectivity index (χ2n) is 6.33. The van der Waals surface area contributed by atoms with Crippen molar-refractivity contribution in [1.82, 2.24) is 24.7 Å². The summed E-state index contributed by atoms with van der Waals surface area (Å²) in [5.74, 6) is 0.918. The van der Waals surface area contributed by atoms with E-state index in [0.717, 1.165) is 26.7 Å². The van der Waals surface area contributed by atoms with Gasteiger partial charge in [-0.05, 0) is 23.1 Å². The van der Waals surface area contributed by atoms with Crippen molar-refractivity contribution in [2.45, 2.75) is 6.54 Å². The quantitative estimate of drug-likeness (QED) is 0.472. The third-order valence-corrected chi connectivity index (χ3v) is 5.25. The number of para-hydroxylation sites is 1. The number of hydrogen-bond acceptors (Lipinski definition) is 6. The van der Waals surface area contributed by atoms with Gasteiger partial charge >= 0.3 is 6.03 Å². The summed E-state index contributed by atoms with van der Waals surface area (Å²) in [6.07, 6.45) is 5.03. The lowest BCUT2D eigenvalue weighted by molar-refractivity contribution is 0.262. The molecule has 0 saturated heterocycles. The Hall–Kier alpha value is -3.85. The van der Waals surface area contributed by atoms with E-state index in [1.807, 2.05) is 48.0 Å². The molecule has 4 heterocycles. The molecule has 0 aliphatic carbocycles. The molecule has 9 heteroatoms. The number of benzene rings is 1. The first kappa shape index (κ1) is 17.3. The number of carbonyl (C=O) groups excluding carboxylic acids is 1. The molecule has 0 radical (unpaired) electrons. The van der Waals surface area contributed by atoms with Gasteiger partial charge in [0.2, 0.25) is 0 Å². The number of rotatable bonds is 4. The highest BCUT2D eigenvalue weighted by Gasteiger charge is 2.10. The van der Waals surface area contributed by atoms with Gasteiger partial charge in [-0.15, -0.1) is 11.3 Å². The van der Waals surface area contributed by atoms with Gasteiger partial charge in [0, 0.05) is 23.8 Å². The topological polar surface area (TPSA) is 97.6 Å². The molecule has 0 unspecified atom stereocenters. The number of carbonyl (C=O) groups is 1. The maximum Gasteiger partial charge on any atom is 0.326 e. The fourth-order valence-electron chi connectivity index (χ4n) is 3.13. The van der Waals surface area contributed by atoms with Crippen LogP contribution in [-0.2, 0) is 6.54 Å². The molecular formula is C20H15N7OS. The zero-order valence-electron chi connectivity index (χ0n) is 15.1. The molecule has 0 spiro atoms. The first-order chi connectivity index (χ1) is 14.3. The number of nitrogens with one attached hydrogen (secondary N) is 2. The van der Waals surface area contributed by atoms with E-state index in [2.05, 4.69) is 30.7 Å². The molecule has 1 aromatic carbocycles. The summed E-state index contributed by atoms with van der Waals surface area (Å²) in [6, 6.07) is 13.2. The zero-order chi connectivity index (χ0) is 19.6. The predicted octanol–water partition coefficient (Wildman–Crippen LogP) is 4.13. The number of thiophene rings is 1. The Morgan fingerprint density at radius 3 is 2.93 bits per heavy atom. The van der Waals surface area contributed by atoms with E-state index < -0.39 is 6.03 Å². The number of urea groups is 1. The van der Waals surface area contributed by atoms with Crippen molar-refractivity contribution in [2.75, 3.05) is 10.6 Å². The van der Waals surface area contributed by atoms with Gasteiger partial charge in [-0.1, -0.05) is 24.3 Å². The van der Waals surface area contributed by atoms with Crippen LogP contribution in [0.25, 0.3) is 21.1 Å². The fraction of sp³-hybridized carbons (Fsp3) is 0.0500. The number of nitrogens with zero attached hydrogens (tertiary/aromatic N) is 5. The molecule has 2 N–H and O–H groups in total. The van der Waals surface area contributed by atoms with Gasteiger partial charge in [-0.3, -0.25) is 20.3 Å². The lowest BCUT2D eigenvalue weighted by Gasteiger charge is -2.07. The van der Waals surface area contributed by atoms with Crippen molar-refractivity contribution in [1.29, 1.82) is 0 Å². The molecule has 0 fully saturated rings. The molecule has 0 aliphatic rings. The lowest BCUT2D eigenvalue weighted by Crippen LogP contribution is -2.20. The average molecular weight is 401 g/mol. The van der Waals surface area contributed by atoms with Crippen LogP contribution in [0.15, 0.2) is 66.6 Å². The summed E-state index contributed by atoms with van der Waals surface area (Å²) in [6.45, 7) is 0.555. The Morgan fingerprint density at radius 2 is 1.97 bits per heavy atom. The summed E-state index contributed by atoms with van der Waals surface area (Å²) in [5.41, 5.74) is 2.00. The predicted molar refractivity (Wildman–Crippen MR) is 113 cm³/mol. The summed E-state index contributed by atoms with van der Waals surface area (Å²) in [7, 11) is 0. The molecule has 8 nitrogen and oxygen atoms in total. The normalized spacial score (nSPS) is 11.0. The standard InChI is InChI=1S/C20H15N7OS/c28-20(25-18-15-7-10-29-19(15)23-12-22-18)24-16-6-9-27(26-16)11-14-4-1-3-13-5-2-8-21-17(13)14/h1-10,12H,11H2,(H2,22,23,24,25,26,28). The maximum atomic E-state index is 12.4. The molecule has 0 atom stereocenters. The van der Waals surface area contributed by atoms with Crippen molar-refractivity contribution in [3.8, 4) is 0 Å². The Morgan fingerprint density at radius 1 is 1.03 bits per heavy atom. The monoisotopic (exact) mass is 401 g/mol. The highest BCUT2D eigenvalue weighted by Crippen LogP contribution is 2.23. The van der Waals surface area contributed by atoms with E-state index in [4.69, 9.17) is 0 Å². The summed E-state index contributed by atoms with van der Waals surface area (Å²) in [5, 5.41) is 13.7. The number of hydrogen-bond donors (Lipinski definition) is 2. The number of anilines is 2. The minimum Gasteiger partial charge on any atom is -0.291 e. The van der Waals surface area contributed by atoms with Crippen LogP contribution >= 0.6 is 11.3 Å². The van der Waals surface area contributed by atoms with E-state index >= 15 is 0 Å². The highest BCUT2D eigenvalue weighted by atomic mass is 32.1. The summed E-state index contributed by atoms with van der Waals surface area (Å²) >= 11 is 1.49. The number of fused-ring (bicyclic) bond motifs is 2. The van der Waals surface area contributed by atoms with Gasteiger partial charge in [0.1, 0.15) is 17.0 Å². The number of aromatic nitrogens is 5. The van der Waals surface area contributed by atoms with Crippen LogP contribution in [0.2, 0.25) is 0 Å². The molecule has 0 aliphatic heterocycles. The van der Waals surface area contributed by atoms with Crippen molar-refractivity contribution in [3.63, 3.8) is 0 Å². The van der Waals surface area contributed by atoms with E-state index in [9.17, 15) is 4.79 Å². The van der Waals surface area contributed by atoms with Crippen molar-refractivity contribution < 1.29 is 4.79 Å². The van der Waals surface area contributed by atoms with Gasteiger partial charge in [0.05, 0.1) is 17.4 Å². The third kappa shape index (κ3) is 3.50. The van der Waals surface area contributed by atoms with Crippen molar-refractivity contribution >= 4 is 50.1 Å². The number of pyridine rings is 1. The van der Waals surface area contributed by atoms with E-state index in [0.29, 0.717) is 18.2 Å². The maximum absolute atomic E-state index is 12.4. The van der Waals surface area contributed by atoms with Crippen LogP contribution in [-0.4, -0.2) is 30.8 Å². The second-order valence-corrected chi connectivity index (χ2v) is 7.23. The van der Waals surface area contributed by atoms with Gasteiger partial charge in [-0.2, -0.15) is 5.10 Å². The first-order valence-electron chi connectivity index (χ1n) is 8.88. The summed E-state index contributed by atoms with van der Waals surface area (Å²) in [4.78, 5) is 26.0. The van der Waals surface area contributed by atoms with Crippen LogP contribution < -0.4 is 10.6 Å². The molecule has 29 heavy (non-hydrogen) atoms.